The number of hydrogen-bond acceptors (Lipinski definition) is 3. The van der Waals surface area contributed by atoms with Gasteiger partial charge in [-0.15, -0.1) is 0 Å². The van der Waals surface area contributed by atoms with Crippen molar-refractivity contribution in [2.75, 3.05) is 16.8 Å². The molecule has 7 nitrogen and oxygen atoms in total. The van der Waals surface area contributed by atoms with Gasteiger partial charge < -0.3 is 15.7 Å². The Morgan fingerprint density at radius 3 is 2.29 bits per heavy atom. The number of carboxylic acid groups (broad SMARTS) is 1. The number of anilines is 2. The Morgan fingerprint density at radius 1 is 0.921 bits per heavy atom. The zero-order valence-corrected chi connectivity index (χ0v) is 21.2. The maximum atomic E-state index is 13.7. The summed E-state index contributed by atoms with van der Waals surface area (Å²) in [5.41, 5.74) is 3.52. The molecule has 3 aromatic carbocycles. The maximum absolute atomic E-state index is 13.7. The summed E-state index contributed by atoms with van der Waals surface area (Å²) in [6, 6.07) is 20.2. The molecular weight excluding hydrogens is 485 g/mol. The van der Waals surface area contributed by atoms with Gasteiger partial charge in [0.2, 0.25) is 0 Å². The van der Waals surface area contributed by atoms with Crippen molar-refractivity contribution >= 4 is 29.3 Å². The van der Waals surface area contributed by atoms with Gasteiger partial charge in [0.1, 0.15) is 5.82 Å². The van der Waals surface area contributed by atoms with Crippen LogP contribution < -0.4 is 15.5 Å². The fourth-order valence-electron chi connectivity index (χ4n) is 4.73. The molecule has 0 saturated heterocycles. The van der Waals surface area contributed by atoms with Crippen LogP contribution >= 0.6 is 0 Å². The molecule has 1 aliphatic carbocycles. The number of hydrogen-bond donors (Lipinski definition) is 3. The Labute approximate surface area is 221 Å². The number of carbonyl (C=O) groups is 3. The molecule has 3 N–H and O–H groups in total. The number of benzene rings is 3. The van der Waals surface area contributed by atoms with Crippen molar-refractivity contribution in [1.82, 2.24) is 5.32 Å². The highest BCUT2D eigenvalue weighted by Crippen LogP contribution is 2.33. The number of halogens is 1. The number of carbonyl (C=O) groups excluding carboxylic acids is 2. The van der Waals surface area contributed by atoms with Crippen LogP contribution in [0, 0.1) is 5.82 Å². The van der Waals surface area contributed by atoms with E-state index in [9.17, 15) is 18.8 Å². The van der Waals surface area contributed by atoms with Gasteiger partial charge >= 0.3 is 12.0 Å². The molecule has 38 heavy (non-hydrogen) atoms. The third-order valence-electron chi connectivity index (χ3n) is 6.78. The summed E-state index contributed by atoms with van der Waals surface area (Å²) >= 11 is 0. The van der Waals surface area contributed by atoms with Crippen LogP contribution in [0.2, 0.25) is 0 Å². The SMILES string of the molecule is O=C(O)CCNC(=O)c1ccc(CN(C(=O)Nc2cccc(F)c2)c2ccc(C3CCCCC3)cc2)cc1. The minimum absolute atomic E-state index is 0.0425. The first-order chi connectivity index (χ1) is 18.4. The van der Waals surface area contributed by atoms with E-state index in [1.807, 2.05) is 12.1 Å². The Balaban J connectivity index is 1.51. The van der Waals surface area contributed by atoms with Gasteiger partial charge in [-0.1, -0.05) is 49.6 Å². The minimum atomic E-state index is -0.982. The second kappa shape index (κ2) is 12.9. The second-order valence-electron chi connectivity index (χ2n) is 9.55. The van der Waals surface area contributed by atoms with Gasteiger partial charge in [-0.3, -0.25) is 14.5 Å². The molecule has 0 unspecified atom stereocenters. The van der Waals surface area contributed by atoms with Crippen LogP contribution in [0.25, 0.3) is 0 Å². The molecule has 1 aliphatic rings. The lowest BCUT2D eigenvalue weighted by molar-refractivity contribution is -0.136. The van der Waals surface area contributed by atoms with Crippen molar-refractivity contribution in [3.8, 4) is 0 Å². The average molecular weight is 518 g/mol. The van der Waals surface area contributed by atoms with Crippen LogP contribution in [0.15, 0.2) is 72.8 Å². The van der Waals surface area contributed by atoms with Gasteiger partial charge in [0.05, 0.1) is 13.0 Å². The zero-order valence-electron chi connectivity index (χ0n) is 21.2. The molecule has 1 fully saturated rings. The molecule has 0 radical (unpaired) electrons. The summed E-state index contributed by atoms with van der Waals surface area (Å²) in [4.78, 5) is 37.9. The van der Waals surface area contributed by atoms with Crippen LogP contribution in [-0.4, -0.2) is 29.6 Å². The van der Waals surface area contributed by atoms with E-state index < -0.39 is 17.8 Å². The minimum Gasteiger partial charge on any atom is -0.481 e. The molecule has 0 spiro atoms. The highest BCUT2D eigenvalue weighted by atomic mass is 19.1. The van der Waals surface area contributed by atoms with E-state index in [0.717, 1.165) is 5.56 Å². The number of aliphatic carboxylic acids is 1. The van der Waals surface area contributed by atoms with Gasteiger partial charge in [0.25, 0.3) is 5.91 Å². The third-order valence-corrected chi connectivity index (χ3v) is 6.78. The predicted molar refractivity (Wildman–Crippen MR) is 145 cm³/mol. The number of nitrogens with zero attached hydrogens (tertiary/aromatic N) is 1. The van der Waals surface area contributed by atoms with Crippen LogP contribution in [0.4, 0.5) is 20.6 Å². The fraction of sp³-hybridized carbons (Fsp3) is 0.300. The summed E-state index contributed by atoms with van der Waals surface area (Å²) in [6.07, 6.45) is 5.97. The Morgan fingerprint density at radius 2 is 1.63 bits per heavy atom. The number of nitrogens with one attached hydrogen (secondary N) is 2. The topological polar surface area (TPSA) is 98.7 Å². The molecule has 4 rings (SSSR count). The Kier molecular flexibility index (Phi) is 9.08. The van der Waals surface area contributed by atoms with E-state index >= 15 is 0 Å². The number of amides is 3. The van der Waals surface area contributed by atoms with Crippen molar-refractivity contribution in [2.45, 2.75) is 51.0 Å². The van der Waals surface area contributed by atoms with Gasteiger partial charge in [0, 0.05) is 23.5 Å². The molecule has 3 amide bonds. The molecule has 3 aromatic rings. The predicted octanol–water partition coefficient (Wildman–Crippen LogP) is 6.32. The summed E-state index contributed by atoms with van der Waals surface area (Å²) < 4.78 is 13.7. The van der Waals surface area contributed by atoms with Crippen LogP contribution in [0.1, 0.15) is 65.9 Å². The maximum Gasteiger partial charge on any atom is 0.326 e. The number of rotatable bonds is 9. The van der Waals surface area contributed by atoms with Crippen molar-refractivity contribution in [3.63, 3.8) is 0 Å². The van der Waals surface area contributed by atoms with Crippen LogP contribution in [0.3, 0.4) is 0 Å². The van der Waals surface area contributed by atoms with Crippen molar-refractivity contribution < 1.29 is 23.9 Å². The highest BCUT2D eigenvalue weighted by molar-refractivity contribution is 6.01. The van der Waals surface area contributed by atoms with E-state index in [1.54, 1.807) is 35.2 Å². The smallest absolute Gasteiger partial charge is 0.326 e. The van der Waals surface area contributed by atoms with Crippen LogP contribution in [-0.2, 0) is 11.3 Å². The van der Waals surface area contributed by atoms with Crippen molar-refractivity contribution in [3.05, 3.63) is 95.3 Å². The highest BCUT2D eigenvalue weighted by Gasteiger charge is 2.20. The molecule has 1 saturated carbocycles. The fourth-order valence-corrected chi connectivity index (χ4v) is 4.73. The van der Waals surface area contributed by atoms with E-state index in [2.05, 4.69) is 22.8 Å². The molecule has 198 valence electrons. The van der Waals surface area contributed by atoms with Gasteiger partial charge in [0.15, 0.2) is 0 Å². The lowest BCUT2D eigenvalue weighted by atomic mass is 9.84. The summed E-state index contributed by atoms with van der Waals surface area (Å²) in [5.74, 6) is -1.24. The third kappa shape index (κ3) is 7.41. The lowest BCUT2D eigenvalue weighted by Crippen LogP contribution is -2.34. The number of urea groups is 1. The standard InChI is InChI=1S/C30H32FN3O4/c31-25-7-4-8-26(19-25)33-30(38)34(27-15-13-23(14-16-27)22-5-2-1-3-6-22)20-21-9-11-24(12-10-21)29(37)32-18-17-28(35)36/h4,7-16,19,22H,1-3,5-6,17-18,20H2,(H,32,37)(H,33,38)(H,35,36). The first-order valence-electron chi connectivity index (χ1n) is 12.9. The first-order valence-corrected chi connectivity index (χ1v) is 12.9. The first kappa shape index (κ1) is 26.9. The largest absolute Gasteiger partial charge is 0.481 e. The molecule has 0 aliphatic heterocycles. The quantitative estimate of drug-likeness (QED) is 0.309. The molecule has 0 bridgehead atoms. The average Bonchev–Trinajstić information content (AvgIpc) is 2.92. The van der Waals surface area contributed by atoms with E-state index in [0.29, 0.717) is 22.9 Å². The monoisotopic (exact) mass is 517 g/mol. The number of carboxylic acids is 1. The molecule has 0 aromatic heterocycles. The normalized spacial score (nSPS) is 13.5. The van der Waals surface area contributed by atoms with Crippen molar-refractivity contribution in [1.29, 1.82) is 0 Å². The van der Waals surface area contributed by atoms with Crippen LogP contribution in [0.5, 0.6) is 0 Å². The second-order valence-corrected chi connectivity index (χ2v) is 9.55. The van der Waals surface area contributed by atoms with Crippen molar-refractivity contribution in [2.24, 2.45) is 0 Å². The Bertz CT molecular complexity index is 1260. The van der Waals surface area contributed by atoms with Gasteiger partial charge in [-0.05, 0) is 72.4 Å². The van der Waals surface area contributed by atoms with Gasteiger partial charge in [-0.25, -0.2) is 9.18 Å². The van der Waals surface area contributed by atoms with E-state index in [4.69, 9.17) is 5.11 Å². The molecule has 0 atom stereocenters. The summed E-state index contributed by atoms with van der Waals surface area (Å²) in [6.45, 7) is 0.269. The molecule has 0 heterocycles. The van der Waals surface area contributed by atoms with E-state index in [-0.39, 0.29) is 25.4 Å². The molecule has 8 heteroatoms. The summed E-state index contributed by atoms with van der Waals surface area (Å²) in [7, 11) is 0. The zero-order chi connectivity index (χ0) is 26.9. The lowest BCUT2D eigenvalue weighted by Gasteiger charge is -2.26. The molecular formula is C30H32FN3O4. The van der Waals surface area contributed by atoms with E-state index in [1.165, 1.54) is 55.9 Å². The summed E-state index contributed by atoms with van der Waals surface area (Å²) in [5, 5.41) is 14.1. The Hall–Kier alpha value is -4.20. The van der Waals surface area contributed by atoms with Gasteiger partial charge in [-0.2, -0.15) is 0 Å².